The van der Waals surface area contributed by atoms with E-state index in [0.717, 1.165) is 28.2 Å². The molecule has 0 aliphatic heterocycles. The van der Waals surface area contributed by atoms with Crippen LogP contribution in [-0.2, 0) is 5.60 Å². The van der Waals surface area contributed by atoms with Crippen molar-refractivity contribution in [2.75, 3.05) is 7.11 Å². The predicted molar refractivity (Wildman–Crippen MR) is 113 cm³/mol. The van der Waals surface area contributed by atoms with E-state index in [0.29, 0.717) is 0 Å². The Hall–Kier alpha value is -3.52. The van der Waals surface area contributed by atoms with E-state index in [2.05, 4.69) is 36.4 Å². The first-order chi connectivity index (χ1) is 13.8. The van der Waals surface area contributed by atoms with Gasteiger partial charge in [0.2, 0.25) is 0 Å². The maximum absolute atomic E-state index is 6.79. The second-order valence-electron chi connectivity index (χ2n) is 6.56. The lowest BCUT2D eigenvalue weighted by atomic mass is 9.80. The average molecular weight is 366 g/mol. The molecule has 0 saturated carbocycles. The van der Waals surface area contributed by atoms with Crippen LogP contribution in [0.3, 0.4) is 0 Å². The second kappa shape index (κ2) is 8.01. The van der Waals surface area contributed by atoms with Crippen LogP contribution in [0.2, 0.25) is 0 Å². The Kier molecular flexibility index (Phi) is 5.11. The summed E-state index contributed by atoms with van der Waals surface area (Å²) in [6, 6.07) is 38.7. The Morgan fingerprint density at radius 1 is 0.464 bits per heavy atom. The molecule has 2 heteroatoms. The third-order valence-electron chi connectivity index (χ3n) is 4.87. The van der Waals surface area contributed by atoms with Gasteiger partial charge in [-0.3, -0.25) is 0 Å². The molecule has 0 bridgehead atoms. The van der Waals surface area contributed by atoms with E-state index in [-0.39, 0.29) is 0 Å². The van der Waals surface area contributed by atoms with E-state index in [4.69, 9.17) is 9.47 Å². The predicted octanol–water partition coefficient (Wildman–Crippen LogP) is 6.07. The van der Waals surface area contributed by atoms with Crippen LogP contribution < -0.4 is 9.47 Å². The molecule has 4 rings (SSSR count). The molecule has 0 saturated heterocycles. The fraction of sp³-hybridized carbons (Fsp3) is 0.0769. The van der Waals surface area contributed by atoms with Crippen molar-refractivity contribution in [2.45, 2.75) is 5.60 Å². The number of hydrogen-bond donors (Lipinski definition) is 0. The van der Waals surface area contributed by atoms with E-state index in [9.17, 15) is 0 Å². The van der Waals surface area contributed by atoms with Crippen molar-refractivity contribution in [1.82, 2.24) is 0 Å². The van der Waals surface area contributed by atoms with E-state index < -0.39 is 5.60 Å². The van der Waals surface area contributed by atoms with E-state index >= 15 is 0 Å². The van der Waals surface area contributed by atoms with Crippen molar-refractivity contribution in [1.29, 1.82) is 0 Å². The molecule has 0 amide bonds. The van der Waals surface area contributed by atoms with Crippen LogP contribution in [-0.4, -0.2) is 7.11 Å². The SMILES string of the molecule is COc1ccc(C(Oc2ccccc2)(c2ccccc2)c2ccccc2)cc1. The lowest BCUT2D eigenvalue weighted by molar-refractivity contribution is 0.155. The summed E-state index contributed by atoms with van der Waals surface area (Å²) < 4.78 is 12.2. The highest BCUT2D eigenvalue weighted by atomic mass is 16.5. The molecule has 0 atom stereocenters. The van der Waals surface area contributed by atoms with Gasteiger partial charge in [0.1, 0.15) is 11.5 Å². The van der Waals surface area contributed by atoms with Crippen molar-refractivity contribution < 1.29 is 9.47 Å². The molecular formula is C26H22O2. The summed E-state index contributed by atoms with van der Waals surface area (Å²) in [5.74, 6) is 1.63. The molecule has 2 nitrogen and oxygen atoms in total. The van der Waals surface area contributed by atoms with Crippen molar-refractivity contribution in [3.63, 3.8) is 0 Å². The lowest BCUT2D eigenvalue weighted by Crippen LogP contribution is -2.36. The summed E-state index contributed by atoms with van der Waals surface area (Å²) >= 11 is 0. The molecule has 0 heterocycles. The van der Waals surface area contributed by atoms with Crippen LogP contribution in [0.5, 0.6) is 11.5 Å². The maximum atomic E-state index is 6.79. The van der Waals surface area contributed by atoms with E-state index in [1.54, 1.807) is 7.11 Å². The minimum atomic E-state index is -0.782. The first kappa shape index (κ1) is 17.9. The van der Waals surface area contributed by atoms with E-state index in [1.807, 2.05) is 78.9 Å². The number of ether oxygens (including phenoxy) is 2. The summed E-state index contributed by atoms with van der Waals surface area (Å²) in [6.07, 6.45) is 0. The Bertz CT molecular complexity index is 955. The summed E-state index contributed by atoms with van der Waals surface area (Å²) in [5.41, 5.74) is 2.39. The minimum absolute atomic E-state index is 0.782. The Balaban J connectivity index is 1.98. The van der Waals surface area contributed by atoms with E-state index in [1.165, 1.54) is 0 Å². The molecule has 0 spiro atoms. The molecule has 0 unspecified atom stereocenters. The van der Waals surface area contributed by atoms with Crippen LogP contribution >= 0.6 is 0 Å². The van der Waals surface area contributed by atoms with Crippen LogP contribution in [0.1, 0.15) is 16.7 Å². The quantitative estimate of drug-likeness (QED) is 0.386. The molecule has 0 N–H and O–H groups in total. The standard InChI is InChI=1S/C26H22O2/c1-27-24-19-17-23(18-20-24)26(21-11-5-2-6-12-21,22-13-7-3-8-14-22)28-25-15-9-4-10-16-25/h2-20H,1H3. The summed E-state index contributed by atoms with van der Waals surface area (Å²) in [7, 11) is 1.68. The van der Waals surface area contributed by atoms with Crippen molar-refractivity contribution in [2.24, 2.45) is 0 Å². The van der Waals surface area contributed by atoms with Gasteiger partial charge >= 0.3 is 0 Å². The zero-order chi connectivity index (χ0) is 19.2. The number of para-hydroxylation sites is 1. The van der Waals surface area contributed by atoms with Crippen molar-refractivity contribution in [3.05, 3.63) is 132 Å². The molecule has 4 aromatic carbocycles. The minimum Gasteiger partial charge on any atom is -0.497 e. The fourth-order valence-electron chi connectivity index (χ4n) is 3.51. The summed E-state index contributed by atoms with van der Waals surface area (Å²) in [6.45, 7) is 0. The van der Waals surface area contributed by atoms with Gasteiger partial charge in [0.25, 0.3) is 0 Å². The molecule has 0 fully saturated rings. The van der Waals surface area contributed by atoms with Gasteiger partial charge in [-0.05, 0) is 24.3 Å². The van der Waals surface area contributed by atoms with Gasteiger partial charge in [0.05, 0.1) is 7.11 Å². The number of methoxy groups -OCH3 is 1. The first-order valence-corrected chi connectivity index (χ1v) is 9.32. The van der Waals surface area contributed by atoms with Gasteiger partial charge in [0.15, 0.2) is 5.60 Å². The molecular weight excluding hydrogens is 344 g/mol. The van der Waals surface area contributed by atoms with Gasteiger partial charge in [-0.1, -0.05) is 91.0 Å². The second-order valence-corrected chi connectivity index (χ2v) is 6.56. The zero-order valence-corrected chi connectivity index (χ0v) is 15.8. The topological polar surface area (TPSA) is 18.5 Å². The number of hydrogen-bond acceptors (Lipinski definition) is 2. The molecule has 0 aliphatic carbocycles. The highest BCUT2D eigenvalue weighted by molar-refractivity contribution is 5.50. The van der Waals surface area contributed by atoms with Crippen LogP contribution in [0.4, 0.5) is 0 Å². The zero-order valence-electron chi connectivity index (χ0n) is 15.8. The molecule has 0 aromatic heterocycles. The van der Waals surface area contributed by atoms with Crippen LogP contribution in [0.15, 0.2) is 115 Å². The normalized spacial score (nSPS) is 11.0. The summed E-state index contributed by atoms with van der Waals surface area (Å²) in [5, 5.41) is 0. The lowest BCUT2D eigenvalue weighted by Gasteiger charge is -2.36. The smallest absolute Gasteiger partial charge is 0.184 e. The van der Waals surface area contributed by atoms with Crippen molar-refractivity contribution >= 4 is 0 Å². The highest BCUT2D eigenvalue weighted by Gasteiger charge is 2.39. The first-order valence-electron chi connectivity index (χ1n) is 9.32. The van der Waals surface area contributed by atoms with Crippen LogP contribution in [0, 0.1) is 0 Å². The van der Waals surface area contributed by atoms with Crippen LogP contribution in [0.25, 0.3) is 0 Å². The molecule has 28 heavy (non-hydrogen) atoms. The Morgan fingerprint density at radius 2 is 0.893 bits per heavy atom. The molecule has 4 aromatic rings. The Labute approximate surface area is 166 Å². The molecule has 138 valence electrons. The van der Waals surface area contributed by atoms with Gasteiger partial charge in [-0.2, -0.15) is 0 Å². The molecule has 0 aliphatic rings. The highest BCUT2D eigenvalue weighted by Crippen LogP contribution is 2.41. The monoisotopic (exact) mass is 366 g/mol. The third kappa shape index (κ3) is 3.37. The third-order valence-corrected chi connectivity index (χ3v) is 4.87. The molecule has 0 radical (unpaired) electrons. The van der Waals surface area contributed by atoms with Gasteiger partial charge < -0.3 is 9.47 Å². The van der Waals surface area contributed by atoms with Gasteiger partial charge in [0, 0.05) is 16.7 Å². The van der Waals surface area contributed by atoms with Gasteiger partial charge in [-0.25, -0.2) is 0 Å². The Morgan fingerprint density at radius 3 is 1.36 bits per heavy atom. The summed E-state index contributed by atoms with van der Waals surface area (Å²) in [4.78, 5) is 0. The average Bonchev–Trinajstić information content (AvgIpc) is 2.79. The largest absolute Gasteiger partial charge is 0.497 e. The van der Waals surface area contributed by atoms with Crippen molar-refractivity contribution in [3.8, 4) is 11.5 Å². The van der Waals surface area contributed by atoms with Gasteiger partial charge in [-0.15, -0.1) is 0 Å². The number of rotatable bonds is 6. The number of benzene rings is 4. The maximum Gasteiger partial charge on any atom is 0.184 e. The fourth-order valence-corrected chi connectivity index (χ4v) is 3.51.